The largest absolute Gasteiger partial charge is 0.338 e. The van der Waals surface area contributed by atoms with Crippen molar-refractivity contribution in [2.75, 3.05) is 32.7 Å². The molecule has 2 fully saturated rings. The second kappa shape index (κ2) is 5.83. The van der Waals surface area contributed by atoms with Crippen molar-refractivity contribution < 1.29 is 4.79 Å². The van der Waals surface area contributed by atoms with E-state index in [2.05, 4.69) is 9.80 Å². The molecular formula is C13H25N3O. The van der Waals surface area contributed by atoms with Crippen molar-refractivity contribution in [1.29, 1.82) is 0 Å². The molecule has 2 rings (SSSR count). The Bertz CT molecular complexity index is 263. The van der Waals surface area contributed by atoms with Crippen molar-refractivity contribution in [3.8, 4) is 0 Å². The fraction of sp³-hybridized carbons (Fsp3) is 0.923. The molecule has 0 saturated carbocycles. The highest BCUT2D eigenvalue weighted by Gasteiger charge is 2.32. The molecule has 2 N–H and O–H groups in total. The molecule has 0 aromatic heterocycles. The zero-order valence-electron chi connectivity index (χ0n) is 10.9. The first kappa shape index (κ1) is 12.8. The first-order valence-electron chi connectivity index (χ1n) is 6.95. The number of amides is 1. The van der Waals surface area contributed by atoms with Crippen molar-refractivity contribution in [2.45, 2.75) is 38.6 Å². The van der Waals surface area contributed by atoms with Gasteiger partial charge in [0.1, 0.15) is 0 Å². The van der Waals surface area contributed by atoms with Gasteiger partial charge in [0.05, 0.1) is 0 Å². The number of likely N-dealkylation sites (tertiary alicyclic amines) is 2. The van der Waals surface area contributed by atoms with Gasteiger partial charge in [-0.05, 0) is 38.8 Å². The van der Waals surface area contributed by atoms with Crippen LogP contribution in [0.4, 0.5) is 0 Å². The van der Waals surface area contributed by atoms with E-state index in [1.54, 1.807) is 0 Å². The maximum absolute atomic E-state index is 12.2. The zero-order valence-corrected chi connectivity index (χ0v) is 10.9. The van der Waals surface area contributed by atoms with Crippen LogP contribution in [-0.2, 0) is 4.79 Å². The van der Waals surface area contributed by atoms with Crippen LogP contribution in [0.2, 0.25) is 0 Å². The molecule has 1 amide bonds. The van der Waals surface area contributed by atoms with Crippen LogP contribution >= 0.6 is 0 Å². The molecule has 0 spiro atoms. The third-order valence-electron chi connectivity index (χ3n) is 4.10. The molecule has 98 valence electrons. The molecule has 0 aromatic carbocycles. The van der Waals surface area contributed by atoms with Crippen LogP contribution in [0, 0.1) is 5.92 Å². The molecule has 0 aromatic rings. The molecule has 4 heteroatoms. The van der Waals surface area contributed by atoms with E-state index in [4.69, 9.17) is 5.73 Å². The molecular weight excluding hydrogens is 214 g/mol. The molecule has 4 nitrogen and oxygen atoms in total. The zero-order chi connectivity index (χ0) is 12.3. The fourth-order valence-electron chi connectivity index (χ4n) is 2.96. The van der Waals surface area contributed by atoms with Gasteiger partial charge in [-0.3, -0.25) is 4.79 Å². The Morgan fingerprint density at radius 1 is 1.29 bits per heavy atom. The number of hydrogen-bond donors (Lipinski definition) is 1. The van der Waals surface area contributed by atoms with Crippen LogP contribution in [0.1, 0.15) is 32.6 Å². The summed E-state index contributed by atoms with van der Waals surface area (Å²) in [5.74, 6) is 0.239. The van der Waals surface area contributed by atoms with Crippen molar-refractivity contribution in [2.24, 2.45) is 11.7 Å². The molecule has 0 aliphatic carbocycles. The van der Waals surface area contributed by atoms with Crippen molar-refractivity contribution in [1.82, 2.24) is 9.80 Å². The summed E-state index contributed by atoms with van der Waals surface area (Å²) >= 11 is 0. The lowest BCUT2D eigenvalue weighted by molar-refractivity contribution is -0.135. The second-order valence-electron chi connectivity index (χ2n) is 5.47. The highest BCUT2D eigenvalue weighted by Crippen LogP contribution is 2.22. The van der Waals surface area contributed by atoms with Gasteiger partial charge < -0.3 is 15.5 Å². The smallest absolute Gasteiger partial charge is 0.226 e. The van der Waals surface area contributed by atoms with Crippen LogP contribution < -0.4 is 5.73 Å². The molecule has 17 heavy (non-hydrogen) atoms. The maximum atomic E-state index is 12.2. The van der Waals surface area contributed by atoms with E-state index in [1.165, 1.54) is 32.4 Å². The molecule has 0 radical (unpaired) electrons. The van der Waals surface area contributed by atoms with Gasteiger partial charge in [0.2, 0.25) is 5.91 Å². The average Bonchev–Trinajstić information content (AvgIpc) is 2.99. The molecule has 2 aliphatic rings. The maximum Gasteiger partial charge on any atom is 0.226 e. The van der Waals surface area contributed by atoms with Crippen molar-refractivity contribution in [3.05, 3.63) is 0 Å². The van der Waals surface area contributed by atoms with Gasteiger partial charge in [-0.25, -0.2) is 0 Å². The Hall–Kier alpha value is -0.610. The van der Waals surface area contributed by atoms with Gasteiger partial charge in [0, 0.05) is 31.6 Å². The third-order valence-corrected chi connectivity index (χ3v) is 4.10. The number of carbonyl (C=O) groups excluding carboxylic acids is 1. The number of carbonyl (C=O) groups is 1. The summed E-state index contributed by atoms with van der Waals surface area (Å²) in [6.07, 6.45) is 4.96. The number of nitrogens with zero attached hydrogens (tertiary/aromatic N) is 2. The van der Waals surface area contributed by atoms with Gasteiger partial charge in [-0.1, -0.05) is 6.92 Å². The summed E-state index contributed by atoms with van der Waals surface area (Å²) < 4.78 is 0. The monoisotopic (exact) mass is 239 g/mol. The molecule has 2 heterocycles. The van der Waals surface area contributed by atoms with Crippen LogP contribution in [0.3, 0.4) is 0 Å². The molecule has 2 saturated heterocycles. The first-order valence-corrected chi connectivity index (χ1v) is 6.95. The lowest BCUT2D eigenvalue weighted by Crippen LogP contribution is -2.45. The Labute approximate surface area is 104 Å². The van der Waals surface area contributed by atoms with Gasteiger partial charge in [-0.2, -0.15) is 0 Å². The molecule has 2 unspecified atom stereocenters. The van der Waals surface area contributed by atoms with E-state index in [1.807, 2.05) is 6.92 Å². The molecule has 2 aliphatic heterocycles. The van der Waals surface area contributed by atoms with Gasteiger partial charge in [0.25, 0.3) is 0 Å². The lowest BCUT2D eigenvalue weighted by Gasteiger charge is -2.30. The summed E-state index contributed by atoms with van der Waals surface area (Å²) in [5.41, 5.74) is 5.59. The molecule has 0 bridgehead atoms. The van der Waals surface area contributed by atoms with E-state index in [0.717, 1.165) is 19.5 Å². The average molecular weight is 239 g/mol. The van der Waals surface area contributed by atoms with E-state index in [-0.39, 0.29) is 11.8 Å². The van der Waals surface area contributed by atoms with E-state index in [9.17, 15) is 4.79 Å². The van der Waals surface area contributed by atoms with Gasteiger partial charge in [-0.15, -0.1) is 0 Å². The quantitative estimate of drug-likeness (QED) is 0.784. The highest BCUT2D eigenvalue weighted by molar-refractivity contribution is 5.79. The van der Waals surface area contributed by atoms with Crippen LogP contribution in [-0.4, -0.2) is 54.5 Å². The number of rotatable bonds is 4. The normalized spacial score (nSPS) is 27.6. The second-order valence-corrected chi connectivity index (χ2v) is 5.47. The van der Waals surface area contributed by atoms with Gasteiger partial charge >= 0.3 is 0 Å². The standard InChI is InChI=1S/C13H25N3O/c1-11(9-14)13(17)16-8-4-5-12(16)10-15-6-2-3-7-15/h11-12H,2-10,14H2,1H3. The Morgan fingerprint density at radius 2 is 2.00 bits per heavy atom. The minimum Gasteiger partial charge on any atom is -0.338 e. The van der Waals surface area contributed by atoms with E-state index >= 15 is 0 Å². The predicted octanol–water partition coefficient (Wildman–Crippen LogP) is 0.668. The first-order chi connectivity index (χ1) is 8.22. The van der Waals surface area contributed by atoms with E-state index in [0.29, 0.717) is 12.6 Å². The summed E-state index contributed by atoms with van der Waals surface area (Å²) in [7, 11) is 0. The Morgan fingerprint density at radius 3 is 2.65 bits per heavy atom. The summed E-state index contributed by atoms with van der Waals surface area (Å²) in [6.45, 7) is 6.83. The minimum atomic E-state index is -0.0193. The van der Waals surface area contributed by atoms with Crippen LogP contribution in [0.5, 0.6) is 0 Å². The van der Waals surface area contributed by atoms with Crippen molar-refractivity contribution in [3.63, 3.8) is 0 Å². The fourth-order valence-corrected chi connectivity index (χ4v) is 2.96. The summed E-state index contributed by atoms with van der Waals surface area (Å²) in [6, 6.07) is 0.439. The third kappa shape index (κ3) is 2.99. The van der Waals surface area contributed by atoms with Crippen molar-refractivity contribution >= 4 is 5.91 Å². The number of hydrogen-bond acceptors (Lipinski definition) is 3. The highest BCUT2D eigenvalue weighted by atomic mass is 16.2. The topological polar surface area (TPSA) is 49.6 Å². The SMILES string of the molecule is CC(CN)C(=O)N1CCCC1CN1CCCC1. The molecule has 2 atom stereocenters. The minimum absolute atomic E-state index is 0.0193. The summed E-state index contributed by atoms with van der Waals surface area (Å²) in [5, 5.41) is 0. The van der Waals surface area contributed by atoms with E-state index < -0.39 is 0 Å². The Kier molecular flexibility index (Phi) is 4.40. The van der Waals surface area contributed by atoms with Crippen LogP contribution in [0.25, 0.3) is 0 Å². The van der Waals surface area contributed by atoms with Crippen LogP contribution in [0.15, 0.2) is 0 Å². The van der Waals surface area contributed by atoms with Gasteiger partial charge in [0.15, 0.2) is 0 Å². The Balaban J connectivity index is 1.89. The number of nitrogens with two attached hydrogens (primary N) is 1. The summed E-state index contributed by atoms with van der Waals surface area (Å²) in [4.78, 5) is 16.8. The lowest BCUT2D eigenvalue weighted by atomic mass is 10.1. The predicted molar refractivity (Wildman–Crippen MR) is 68.6 cm³/mol.